The minimum absolute atomic E-state index is 0.556. The Balaban J connectivity index is 3.05. The van der Waals surface area contributed by atoms with Gasteiger partial charge in [0.05, 0.1) is 0 Å². The van der Waals surface area contributed by atoms with E-state index in [-0.39, 0.29) is 0 Å². The molecule has 0 bridgehead atoms. The standard InChI is InChI=1S/C3H3N2S/c4-3-1-6-2-5-3/h1H,4H2. The number of nitrogen functional groups attached to an aromatic ring is 1. The molecule has 0 fully saturated rings. The van der Waals surface area contributed by atoms with Crippen LogP contribution in [-0.4, -0.2) is 4.98 Å². The molecule has 0 aromatic carbocycles. The van der Waals surface area contributed by atoms with Crippen LogP contribution in [0.15, 0.2) is 5.38 Å². The molecule has 0 saturated carbocycles. The lowest BCUT2D eigenvalue weighted by molar-refractivity contribution is 1.41. The molecule has 0 aliphatic heterocycles. The van der Waals surface area contributed by atoms with Crippen molar-refractivity contribution in [3.8, 4) is 0 Å². The summed E-state index contributed by atoms with van der Waals surface area (Å²) in [6.45, 7) is 0. The number of rotatable bonds is 0. The van der Waals surface area contributed by atoms with Gasteiger partial charge in [-0.3, -0.25) is 0 Å². The van der Waals surface area contributed by atoms with Crippen LogP contribution in [0.5, 0.6) is 0 Å². The van der Waals surface area contributed by atoms with Crippen molar-refractivity contribution in [1.82, 2.24) is 4.98 Å². The van der Waals surface area contributed by atoms with E-state index in [1.54, 1.807) is 5.38 Å². The Morgan fingerprint density at radius 3 is 3.00 bits per heavy atom. The fourth-order valence-electron chi connectivity index (χ4n) is 0.192. The summed E-state index contributed by atoms with van der Waals surface area (Å²) in [5, 5.41) is 1.74. The monoisotopic (exact) mass is 99.0 g/mol. The molecule has 2 nitrogen and oxygen atoms in total. The van der Waals surface area contributed by atoms with Crippen LogP contribution in [0.1, 0.15) is 0 Å². The second kappa shape index (κ2) is 1.26. The lowest BCUT2D eigenvalue weighted by atomic mass is 10.9. The van der Waals surface area contributed by atoms with Crippen LogP contribution in [0.4, 0.5) is 5.82 Å². The number of thiazole rings is 1. The van der Waals surface area contributed by atoms with Crippen LogP contribution in [0.3, 0.4) is 0 Å². The van der Waals surface area contributed by atoms with Crippen LogP contribution in [-0.2, 0) is 0 Å². The summed E-state index contributed by atoms with van der Waals surface area (Å²) in [4.78, 5) is 3.59. The Labute approximate surface area is 39.6 Å². The van der Waals surface area contributed by atoms with Crippen LogP contribution in [0.2, 0.25) is 0 Å². The molecular weight excluding hydrogens is 96.1 g/mol. The zero-order valence-corrected chi connectivity index (χ0v) is 3.83. The van der Waals surface area contributed by atoms with E-state index in [0.717, 1.165) is 0 Å². The molecule has 0 unspecified atom stereocenters. The summed E-state index contributed by atoms with van der Waals surface area (Å²) >= 11 is 1.38. The molecule has 0 spiro atoms. The molecule has 1 aromatic rings. The van der Waals surface area contributed by atoms with Gasteiger partial charge in [0, 0.05) is 5.38 Å². The van der Waals surface area contributed by atoms with Gasteiger partial charge in [0.25, 0.3) is 0 Å². The molecule has 31 valence electrons. The molecule has 0 aliphatic carbocycles. The molecule has 0 amide bonds. The first-order valence-corrected chi connectivity index (χ1v) is 2.34. The minimum atomic E-state index is 0.556. The van der Waals surface area contributed by atoms with Gasteiger partial charge in [0.2, 0.25) is 0 Å². The summed E-state index contributed by atoms with van der Waals surface area (Å²) in [6, 6.07) is 0. The molecule has 0 saturated heterocycles. The number of hydrogen-bond donors (Lipinski definition) is 1. The molecule has 6 heavy (non-hydrogen) atoms. The Morgan fingerprint density at radius 2 is 2.83 bits per heavy atom. The first-order valence-electron chi connectivity index (χ1n) is 1.46. The highest BCUT2D eigenvalue weighted by atomic mass is 32.1. The van der Waals surface area contributed by atoms with Gasteiger partial charge in [-0.15, -0.1) is 11.3 Å². The summed E-state index contributed by atoms with van der Waals surface area (Å²) in [6.07, 6.45) is 0. The largest absolute Gasteiger partial charge is 0.383 e. The third-order valence-corrected chi connectivity index (χ3v) is 0.963. The highest BCUT2D eigenvalue weighted by Gasteiger charge is 1.77. The van der Waals surface area contributed by atoms with Gasteiger partial charge in [0.15, 0.2) is 5.51 Å². The molecule has 0 atom stereocenters. The molecule has 2 N–H and O–H groups in total. The number of anilines is 1. The van der Waals surface area contributed by atoms with E-state index in [4.69, 9.17) is 5.73 Å². The zero-order valence-electron chi connectivity index (χ0n) is 3.01. The van der Waals surface area contributed by atoms with Crippen molar-refractivity contribution in [3.63, 3.8) is 0 Å². The van der Waals surface area contributed by atoms with Gasteiger partial charge >= 0.3 is 0 Å². The normalized spacial score (nSPS) is 8.67. The molecule has 1 radical (unpaired) electrons. The summed E-state index contributed by atoms with van der Waals surface area (Å²) in [5.41, 5.74) is 7.74. The Kier molecular flexibility index (Phi) is 0.759. The first kappa shape index (κ1) is 3.61. The minimum Gasteiger partial charge on any atom is -0.383 e. The van der Waals surface area contributed by atoms with E-state index in [1.807, 2.05) is 0 Å². The third kappa shape index (κ3) is 0.490. The van der Waals surface area contributed by atoms with E-state index in [0.29, 0.717) is 5.82 Å². The Morgan fingerprint density at radius 1 is 2.00 bits per heavy atom. The van der Waals surface area contributed by atoms with Gasteiger partial charge < -0.3 is 5.73 Å². The van der Waals surface area contributed by atoms with Crippen LogP contribution < -0.4 is 5.73 Å². The van der Waals surface area contributed by atoms with Crippen molar-refractivity contribution in [2.45, 2.75) is 0 Å². The third-order valence-electron chi connectivity index (χ3n) is 0.407. The first-order chi connectivity index (χ1) is 2.89. The second-order valence-electron chi connectivity index (χ2n) is 0.864. The maximum Gasteiger partial charge on any atom is 0.154 e. The van der Waals surface area contributed by atoms with Gasteiger partial charge in [-0.25, -0.2) is 4.98 Å². The van der Waals surface area contributed by atoms with Crippen LogP contribution in [0.25, 0.3) is 0 Å². The van der Waals surface area contributed by atoms with E-state index < -0.39 is 0 Å². The lowest BCUT2D eigenvalue weighted by Crippen LogP contribution is -1.79. The number of hydrogen-bond acceptors (Lipinski definition) is 3. The predicted molar refractivity (Wildman–Crippen MR) is 25.4 cm³/mol. The second-order valence-corrected chi connectivity index (χ2v) is 1.52. The van der Waals surface area contributed by atoms with Crippen molar-refractivity contribution >= 4 is 17.2 Å². The summed E-state index contributed by atoms with van der Waals surface area (Å²) in [5.74, 6) is 0.556. The highest BCUT2D eigenvalue weighted by molar-refractivity contribution is 7.07. The van der Waals surface area contributed by atoms with Gasteiger partial charge in [0.1, 0.15) is 5.82 Å². The number of nitrogens with two attached hydrogens (primary N) is 1. The topological polar surface area (TPSA) is 38.9 Å². The van der Waals surface area contributed by atoms with Crippen molar-refractivity contribution in [3.05, 3.63) is 10.9 Å². The molecule has 1 heterocycles. The molecule has 0 aliphatic rings. The fourth-order valence-corrected chi connectivity index (χ4v) is 0.576. The molecule has 1 aromatic heterocycles. The molecule has 3 heteroatoms. The van der Waals surface area contributed by atoms with Crippen molar-refractivity contribution in [2.24, 2.45) is 0 Å². The van der Waals surface area contributed by atoms with Gasteiger partial charge in [-0.2, -0.15) is 0 Å². The molecule has 1 rings (SSSR count). The maximum absolute atomic E-state index is 5.15. The average Bonchev–Trinajstić information content (AvgIpc) is 1.86. The molecular formula is C3H3N2S. The van der Waals surface area contributed by atoms with Gasteiger partial charge in [-0.05, 0) is 0 Å². The Bertz CT molecular complexity index is 112. The van der Waals surface area contributed by atoms with Gasteiger partial charge in [-0.1, -0.05) is 0 Å². The SMILES string of the molecule is Nc1cs[c]n1. The quantitative estimate of drug-likeness (QED) is 0.515. The maximum atomic E-state index is 5.15. The van der Waals surface area contributed by atoms with E-state index in [2.05, 4.69) is 10.5 Å². The zero-order chi connectivity index (χ0) is 4.41. The number of nitrogens with zero attached hydrogens (tertiary/aromatic N) is 1. The summed E-state index contributed by atoms with van der Waals surface area (Å²) in [7, 11) is 0. The van der Waals surface area contributed by atoms with Crippen molar-refractivity contribution in [2.75, 3.05) is 5.73 Å². The fraction of sp³-hybridized carbons (Fsp3) is 0. The van der Waals surface area contributed by atoms with Crippen LogP contribution >= 0.6 is 11.3 Å². The smallest absolute Gasteiger partial charge is 0.154 e. The van der Waals surface area contributed by atoms with E-state index in [1.165, 1.54) is 11.3 Å². The van der Waals surface area contributed by atoms with Crippen molar-refractivity contribution in [1.29, 1.82) is 0 Å². The predicted octanol–water partition coefficient (Wildman–Crippen LogP) is 0.525. The lowest BCUT2D eigenvalue weighted by Gasteiger charge is -1.67. The Hall–Kier alpha value is -0.570. The van der Waals surface area contributed by atoms with E-state index >= 15 is 0 Å². The number of aromatic nitrogens is 1. The highest BCUT2D eigenvalue weighted by Crippen LogP contribution is 1.98. The van der Waals surface area contributed by atoms with Crippen LogP contribution in [0, 0.1) is 5.51 Å². The van der Waals surface area contributed by atoms with E-state index in [9.17, 15) is 0 Å². The van der Waals surface area contributed by atoms with Crippen molar-refractivity contribution < 1.29 is 0 Å². The summed E-state index contributed by atoms with van der Waals surface area (Å²) < 4.78 is 0. The average molecular weight is 99.1 g/mol.